The number of quaternary nitrogens is 1. The lowest BCUT2D eigenvalue weighted by atomic mass is 9.98. The Morgan fingerprint density at radius 2 is 1.70 bits per heavy atom. The molecule has 1 aromatic carbocycles. The summed E-state index contributed by atoms with van der Waals surface area (Å²) in [5.74, 6) is 0.302. The number of ether oxygens (including phenoxy) is 1. The number of amides is 2. The first-order chi connectivity index (χ1) is 12.8. The van der Waals surface area contributed by atoms with Gasteiger partial charge in [-0.3, -0.25) is 9.59 Å². The molecule has 0 bridgehead atoms. The van der Waals surface area contributed by atoms with Crippen LogP contribution in [-0.2, 0) is 4.79 Å². The van der Waals surface area contributed by atoms with Gasteiger partial charge in [-0.1, -0.05) is 0 Å². The molecule has 0 aromatic heterocycles. The molecule has 3 N–H and O–H groups in total. The molecule has 1 fully saturated rings. The number of likely N-dealkylation sites (tertiary alicyclic amines) is 1. The first-order valence-corrected chi connectivity index (χ1v) is 9.95. The van der Waals surface area contributed by atoms with Crippen molar-refractivity contribution in [2.45, 2.75) is 58.6 Å². The zero-order valence-corrected chi connectivity index (χ0v) is 17.1. The second-order valence-corrected chi connectivity index (χ2v) is 8.20. The molecule has 0 spiro atoms. The molecule has 27 heavy (non-hydrogen) atoms. The summed E-state index contributed by atoms with van der Waals surface area (Å²) in [7, 11) is 0. The first kappa shape index (κ1) is 21.2. The molecule has 1 saturated heterocycles. The highest BCUT2D eigenvalue weighted by atomic mass is 16.5. The molecule has 0 aliphatic carbocycles. The van der Waals surface area contributed by atoms with E-state index < -0.39 is 0 Å². The lowest BCUT2D eigenvalue weighted by molar-refractivity contribution is -0.951. The van der Waals surface area contributed by atoms with Crippen LogP contribution in [0, 0.1) is 0 Å². The van der Waals surface area contributed by atoms with E-state index in [-0.39, 0.29) is 30.0 Å². The van der Waals surface area contributed by atoms with Crippen LogP contribution in [0.15, 0.2) is 24.3 Å². The van der Waals surface area contributed by atoms with Gasteiger partial charge in [0.1, 0.15) is 11.3 Å². The van der Waals surface area contributed by atoms with Crippen molar-refractivity contribution in [1.29, 1.82) is 0 Å². The Hall–Kier alpha value is -2.08. The molecule has 0 radical (unpaired) electrons. The van der Waals surface area contributed by atoms with Crippen molar-refractivity contribution in [1.82, 2.24) is 10.6 Å². The molecule has 1 heterocycles. The molecular weight excluding hydrogens is 342 g/mol. The van der Waals surface area contributed by atoms with Gasteiger partial charge >= 0.3 is 0 Å². The van der Waals surface area contributed by atoms with Crippen LogP contribution < -0.4 is 20.3 Å². The van der Waals surface area contributed by atoms with Crippen molar-refractivity contribution < 1.29 is 19.2 Å². The van der Waals surface area contributed by atoms with Gasteiger partial charge in [-0.25, -0.2) is 0 Å². The minimum atomic E-state index is -0.262. The van der Waals surface area contributed by atoms with E-state index in [1.165, 1.54) is 19.3 Å². The van der Waals surface area contributed by atoms with Crippen molar-refractivity contribution in [2.75, 3.05) is 26.2 Å². The normalized spacial score (nSPS) is 15.4. The second-order valence-electron chi connectivity index (χ2n) is 8.20. The third-order valence-electron chi connectivity index (χ3n) is 5.04. The summed E-state index contributed by atoms with van der Waals surface area (Å²) in [5.41, 5.74) is 0.517. The van der Waals surface area contributed by atoms with E-state index in [2.05, 4.69) is 24.5 Å². The Morgan fingerprint density at radius 1 is 1.07 bits per heavy atom. The van der Waals surface area contributed by atoms with Gasteiger partial charge in [0, 0.05) is 5.56 Å². The van der Waals surface area contributed by atoms with Crippen molar-refractivity contribution in [2.24, 2.45) is 0 Å². The highest BCUT2D eigenvalue weighted by Gasteiger charge is 2.32. The Balaban J connectivity index is 1.75. The number of hydrogen-bond acceptors (Lipinski definition) is 3. The van der Waals surface area contributed by atoms with Gasteiger partial charge in [0.2, 0.25) is 5.91 Å². The maximum atomic E-state index is 12.2. The molecule has 6 nitrogen and oxygen atoms in total. The van der Waals surface area contributed by atoms with Crippen LogP contribution in [0.25, 0.3) is 0 Å². The SMILES string of the molecule is CC(C)Oc1ccc(C(=O)NCC(=O)NCC(C)(C)[NH+]2CCCCC2)cc1. The average Bonchev–Trinajstić information content (AvgIpc) is 2.65. The van der Waals surface area contributed by atoms with E-state index in [1.54, 1.807) is 29.2 Å². The van der Waals surface area contributed by atoms with E-state index in [1.807, 2.05) is 13.8 Å². The standard InChI is InChI=1S/C21H33N3O3/c1-16(2)27-18-10-8-17(9-11-18)20(26)22-14-19(25)23-15-21(3,4)24-12-6-5-7-13-24/h8-11,16H,5-7,12-15H2,1-4H3,(H,22,26)(H,23,25)/p+1. The highest BCUT2D eigenvalue weighted by molar-refractivity contribution is 5.96. The summed E-state index contributed by atoms with van der Waals surface area (Å²) in [6, 6.07) is 6.93. The maximum Gasteiger partial charge on any atom is 0.251 e. The van der Waals surface area contributed by atoms with Gasteiger partial charge in [-0.05, 0) is 71.2 Å². The van der Waals surface area contributed by atoms with Crippen LogP contribution in [0.1, 0.15) is 57.3 Å². The first-order valence-electron chi connectivity index (χ1n) is 9.95. The van der Waals surface area contributed by atoms with Gasteiger partial charge in [0.25, 0.3) is 5.91 Å². The predicted molar refractivity (Wildman–Crippen MR) is 106 cm³/mol. The zero-order chi connectivity index (χ0) is 19.9. The summed E-state index contributed by atoms with van der Waals surface area (Å²) in [4.78, 5) is 25.9. The minimum Gasteiger partial charge on any atom is -0.491 e. The van der Waals surface area contributed by atoms with Crippen molar-refractivity contribution in [3.05, 3.63) is 29.8 Å². The molecule has 0 saturated carbocycles. The number of carbonyl (C=O) groups excluding carboxylic acids is 2. The molecule has 0 unspecified atom stereocenters. The average molecular weight is 377 g/mol. The lowest BCUT2D eigenvalue weighted by Crippen LogP contribution is -3.20. The number of carbonyl (C=O) groups is 2. The Morgan fingerprint density at radius 3 is 2.30 bits per heavy atom. The van der Waals surface area contributed by atoms with Crippen molar-refractivity contribution in [3.63, 3.8) is 0 Å². The number of nitrogens with one attached hydrogen (secondary N) is 3. The van der Waals surface area contributed by atoms with Gasteiger partial charge in [0.05, 0.1) is 32.3 Å². The molecule has 2 rings (SSSR count). The molecule has 0 atom stereocenters. The van der Waals surface area contributed by atoms with Crippen LogP contribution in [0.4, 0.5) is 0 Å². The molecular formula is C21H34N3O3+. The summed E-state index contributed by atoms with van der Waals surface area (Å²) >= 11 is 0. The molecule has 6 heteroatoms. The predicted octanol–water partition coefficient (Wildman–Crippen LogP) is 1.17. The van der Waals surface area contributed by atoms with E-state index >= 15 is 0 Å². The van der Waals surface area contributed by atoms with Crippen molar-refractivity contribution >= 4 is 11.8 Å². The fraction of sp³-hybridized carbons (Fsp3) is 0.619. The van der Waals surface area contributed by atoms with Gasteiger partial charge in [-0.15, -0.1) is 0 Å². The fourth-order valence-corrected chi connectivity index (χ4v) is 3.38. The third-order valence-corrected chi connectivity index (χ3v) is 5.04. The van der Waals surface area contributed by atoms with Gasteiger partial charge in [-0.2, -0.15) is 0 Å². The van der Waals surface area contributed by atoms with Gasteiger partial charge in [0.15, 0.2) is 0 Å². The topological polar surface area (TPSA) is 71.9 Å². The quantitative estimate of drug-likeness (QED) is 0.638. The molecule has 2 amide bonds. The van der Waals surface area contributed by atoms with Crippen LogP contribution in [-0.4, -0.2) is 49.6 Å². The summed E-state index contributed by atoms with van der Waals surface area (Å²) in [6.45, 7) is 11.2. The Labute approximate surface area is 162 Å². The third kappa shape index (κ3) is 6.86. The maximum absolute atomic E-state index is 12.2. The molecule has 1 aromatic rings. The van der Waals surface area contributed by atoms with Crippen LogP contribution in [0.2, 0.25) is 0 Å². The van der Waals surface area contributed by atoms with Crippen LogP contribution in [0.3, 0.4) is 0 Å². The number of benzene rings is 1. The minimum absolute atomic E-state index is 0.00628. The molecule has 150 valence electrons. The van der Waals surface area contributed by atoms with E-state index in [0.29, 0.717) is 12.1 Å². The lowest BCUT2D eigenvalue weighted by Gasteiger charge is -2.37. The van der Waals surface area contributed by atoms with Crippen LogP contribution in [0.5, 0.6) is 5.75 Å². The zero-order valence-electron chi connectivity index (χ0n) is 17.1. The molecule has 1 aliphatic heterocycles. The highest BCUT2D eigenvalue weighted by Crippen LogP contribution is 2.13. The summed E-state index contributed by atoms with van der Waals surface area (Å²) in [6.07, 6.45) is 3.90. The Kier molecular flexibility index (Phi) is 7.66. The second kappa shape index (κ2) is 9.74. The van der Waals surface area contributed by atoms with Gasteiger partial charge < -0.3 is 20.3 Å². The summed E-state index contributed by atoms with van der Waals surface area (Å²) in [5, 5.41) is 5.64. The number of piperidine rings is 1. The van der Waals surface area contributed by atoms with E-state index in [0.717, 1.165) is 18.8 Å². The smallest absolute Gasteiger partial charge is 0.251 e. The van der Waals surface area contributed by atoms with Crippen molar-refractivity contribution in [3.8, 4) is 5.75 Å². The monoisotopic (exact) mass is 376 g/mol. The largest absolute Gasteiger partial charge is 0.491 e. The molecule has 1 aliphatic rings. The summed E-state index contributed by atoms with van der Waals surface area (Å²) < 4.78 is 5.56. The number of rotatable bonds is 8. The fourth-order valence-electron chi connectivity index (χ4n) is 3.38. The van der Waals surface area contributed by atoms with Crippen LogP contribution >= 0.6 is 0 Å². The van der Waals surface area contributed by atoms with E-state index in [4.69, 9.17) is 4.74 Å². The number of hydrogen-bond donors (Lipinski definition) is 3. The van der Waals surface area contributed by atoms with E-state index in [9.17, 15) is 9.59 Å². The Bertz CT molecular complexity index is 620.